The maximum absolute atomic E-state index is 10.7. The van der Waals surface area contributed by atoms with E-state index in [1.807, 2.05) is 17.7 Å². The molecule has 0 amide bonds. The molecule has 0 unspecified atom stereocenters. The quantitative estimate of drug-likeness (QED) is 0.758. The smallest absolute Gasteiger partial charge is 0.151 e. The van der Waals surface area contributed by atoms with Crippen molar-refractivity contribution in [2.75, 3.05) is 0 Å². The average molecular weight is 229 g/mol. The normalized spacial score (nSPS) is 10.5. The summed E-state index contributed by atoms with van der Waals surface area (Å²) in [6.07, 6.45) is 0. The van der Waals surface area contributed by atoms with Crippen LogP contribution in [0.15, 0.2) is 29.4 Å². The second-order valence-electron chi connectivity index (χ2n) is 4.26. The predicted molar refractivity (Wildman–Crippen MR) is 67.4 cm³/mol. The van der Waals surface area contributed by atoms with Gasteiger partial charge in [0.2, 0.25) is 0 Å². The number of benzene rings is 1. The standard InChI is InChI=1S/C13H15N3O/c1-9-5-4-6-12(7-9)8-16-11(3)13(15-17)10(2)14-16/h4-7H,8H2,1-3H3. The van der Waals surface area contributed by atoms with Gasteiger partial charge in [0.05, 0.1) is 17.9 Å². The molecule has 0 radical (unpaired) electrons. The minimum atomic E-state index is 0.456. The number of aromatic nitrogens is 2. The first-order valence-corrected chi connectivity index (χ1v) is 5.54. The molecule has 4 nitrogen and oxygen atoms in total. The Balaban J connectivity index is 2.33. The minimum absolute atomic E-state index is 0.456. The Labute approximate surface area is 100 Å². The van der Waals surface area contributed by atoms with E-state index < -0.39 is 0 Å². The first-order valence-electron chi connectivity index (χ1n) is 5.54. The van der Waals surface area contributed by atoms with E-state index >= 15 is 0 Å². The van der Waals surface area contributed by atoms with Gasteiger partial charge in [0, 0.05) is 0 Å². The van der Waals surface area contributed by atoms with E-state index in [4.69, 9.17) is 0 Å². The average Bonchev–Trinajstić information content (AvgIpc) is 2.54. The fourth-order valence-electron chi connectivity index (χ4n) is 1.96. The summed E-state index contributed by atoms with van der Waals surface area (Å²) in [5, 5.41) is 7.35. The van der Waals surface area contributed by atoms with Gasteiger partial charge in [0.1, 0.15) is 0 Å². The van der Waals surface area contributed by atoms with E-state index in [0.29, 0.717) is 17.9 Å². The summed E-state index contributed by atoms with van der Waals surface area (Å²) in [7, 11) is 0. The molecule has 0 aliphatic heterocycles. The number of aryl methyl sites for hydroxylation is 2. The molecule has 0 atom stereocenters. The van der Waals surface area contributed by atoms with E-state index in [-0.39, 0.29) is 0 Å². The third-order valence-corrected chi connectivity index (χ3v) is 2.85. The van der Waals surface area contributed by atoms with Crippen LogP contribution in [0.3, 0.4) is 0 Å². The SMILES string of the molecule is Cc1cccc(Cn2nc(C)c(N=O)c2C)c1. The van der Waals surface area contributed by atoms with E-state index in [9.17, 15) is 4.91 Å². The zero-order valence-corrected chi connectivity index (χ0v) is 10.3. The Kier molecular flexibility index (Phi) is 3.04. The Bertz CT molecular complexity index is 558. The molecule has 0 N–H and O–H groups in total. The maximum Gasteiger partial charge on any atom is 0.151 e. The highest BCUT2D eigenvalue weighted by molar-refractivity contribution is 5.46. The molecule has 1 heterocycles. The first kappa shape index (κ1) is 11.5. The van der Waals surface area contributed by atoms with Crippen molar-refractivity contribution < 1.29 is 0 Å². The van der Waals surface area contributed by atoms with E-state index in [1.54, 1.807) is 6.92 Å². The van der Waals surface area contributed by atoms with Gasteiger partial charge in [0.15, 0.2) is 5.69 Å². The lowest BCUT2D eigenvalue weighted by atomic mass is 10.1. The van der Waals surface area contributed by atoms with Gasteiger partial charge in [-0.2, -0.15) is 5.10 Å². The van der Waals surface area contributed by atoms with E-state index in [1.165, 1.54) is 11.1 Å². The molecule has 1 aromatic carbocycles. The topological polar surface area (TPSA) is 47.2 Å². The monoisotopic (exact) mass is 229 g/mol. The zero-order valence-electron chi connectivity index (χ0n) is 10.3. The van der Waals surface area contributed by atoms with Crippen LogP contribution in [0, 0.1) is 25.7 Å². The lowest BCUT2D eigenvalue weighted by Gasteiger charge is -2.05. The van der Waals surface area contributed by atoms with E-state index in [0.717, 1.165) is 5.69 Å². The molecule has 0 fully saturated rings. The van der Waals surface area contributed by atoms with Gasteiger partial charge in [-0.1, -0.05) is 29.8 Å². The van der Waals surface area contributed by atoms with Crippen molar-refractivity contribution in [3.63, 3.8) is 0 Å². The van der Waals surface area contributed by atoms with Crippen molar-refractivity contribution in [3.8, 4) is 0 Å². The fourth-order valence-corrected chi connectivity index (χ4v) is 1.96. The van der Waals surface area contributed by atoms with Crippen LogP contribution < -0.4 is 0 Å². The highest BCUT2D eigenvalue weighted by Gasteiger charge is 2.11. The molecule has 0 saturated heterocycles. The maximum atomic E-state index is 10.7. The van der Waals surface area contributed by atoms with Gasteiger partial charge in [-0.25, -0.2) is 0 Å². The number of nitroso groups, excluding NO2 is 1. The van der Waals surface area contributed by atoms with Crippen molar-refractivity contribution in [1.29, 1.82) is 0 Å². The second kappa shape index (κ2) is 4.49. The van der Waals surface area contributed by atoms with Gasteiger partial charge >= 0.3 is 0 Å². The number of hydrogen-bond donors (Lipinski definition) is 0. The molecule has 0 saturated carbocycles. The Morgan fingerprint density at radius 2 is 2.06 bits per heavy atom. The molecule has 0 bridgehead atoms. The highest BCUT2D eigenvalue weighted by atomic mass is 16.3. The Morgan fingerprint density at radius 1 is 1.29 bits per heavy atom. The minimum Gasteiger partial charge on any atom is -0.263 e. The van der Waals surface area contributed by atoms with Crippen molar-refractivity contribution >= 4 is 5.69 Å². The molecule has 88 valence electrons. The van der Waals surface area contributed by atoms with Crippen LogP contribution in [0.1, 0.15) is 22.5 Å². The van der Waals surface area contributed by atoms with Crippen molar-refractivity contribution in [1.82, 2.24) is 9.78 Å². The third-order valence-electron chi connectivity index (χ3n) is 2.85. The third kappa shape index (κ3) is 2.25. The van der Waals surface area contributed by atoms with Crippen molar-refractivity contribution in [2.45, 2.75) is 27.3 Å². The highest BCUT2D eigenvalue weighted by Crippen LogP contribution is 2.23. The number of nitrogens with zero attached hydrogens (tertiary/aromatic N) is 3. The number of rotatable bonds is 3. The molecule has 1 aromatic heterocycles. The first-order chi connectivity index (χ1) is 8.11. The predicted octanol–water partition coefficient (Wildman–Crippen LogP) is 3.25. The lowest BCUT2D eigenvalue weighted by Crippen LogP contribution is -2.03. The van der Waals surface area contributed by atoms with Crippen LogP contribution in [0.4, 0.5) is 5.69 Å². The Morgan fingerprint density at radius 3 is 2.65 bits per heavy atom. The number of hydrogen-bond acceptors (Lipinski definition) is 3. The molecule has 4 heteroatoms. The molecule has 0 aliphatic rings. The Hall–Kier alpha value is -1.97. The van der Waals surface area contributed by atoms with Crippen LogP contribution in [0.2, 0.25) is 0 Å². The summed E-state index contributed by atoms with van der Waals surface area (Å²) in [5.74, 6) is 0. The molecule has 0 aliphatic carbocycles. The fraction of sp³-hybridized carbons (Fsp3) is 0.308. The summed E-state index contributed by atoms with van der Waals surface area (Å²) < 4.78 is 1.82. The van der Waals surface area contributed by atoms with Crippen LogP contribution in [-0.2, 0) is 6.54 Å². The van der Waals surface area contributed by atoms with Gasteiger partial charge < -0.3 is 0 Å². The summed E-state index contributed by atoms with van der Waals surface area (Å²) in [5.41, 5.74) is 4.35. The molecule has 17 heavy (non-hydrogen) atoms. The van der Waals surface area contributed by atoms with Gasteiger partial charge in [-0.15, -0.1) is 4.91 Å². The van der Waals surface area contributed by atoms with Gasteiger partial charge in [-0.3, -0.25) is 4.68 Å². The van der Waals surface area contributed by atoms with Gasteiger partial charge in [-0.05, 0) is 31.5 Å². The van der Waals surface area contributed by atoms with Crippen molar-refractivity contribution in [2.24, 2.45) is 5.18 Å². The molecular weight excluding hydrogens is 214 g/mol. The summed E-state index contributed by atoms with van der Waals surface area (Å²) in [6.45, 7) is 6.40. The summed E-state index contributed by atoms with van der Waals surface area (Å²) >= 11 is 0. The van der Waals surface area contributed by atoms with Crippen LogP contribution in [0.25, 0.3) is 0 Å². The molecule has 2 rings (SSSR count). The largest absolute Gasteiger partial charge is 0.263 e. The van der Waals surface area contributed by atoms with E-state index in [2.05, 4.69) is 35.4 Å². The summed E-state index contributed by atoms with van der Waals surface area (Å²) in [4.78, 5) is 10.7. The van der Waals surface area contributed by atoms with Crippen LogP contribution in [-0.4, -0.2) is 9.78 Å². The van der Waals surface area contributed by atoms with Gasteiger partial charge in [0.25, 0.3) is 0 Å². The molecule has 0 spiro atoms. The van der Waals surface area contributed by atoms with Crippen LogP contribution in [0.5, 0.6) is 0 Å². The van der Waals surface area contributed by atoms with Crippen LogP contribution >= 0.6 is 0 Å². The second-order valence-corrected chi connectivity index (χ2v) is 4.26. The van der Waals surface area contributed by atoms with Crippen molar-refractivity contribution in [3.05, 3.63) is 51.7 Å². The zero-order chi connectivity index (χ0) is 12.4. The molecule has 2 aromatic rings. The summed E-state index contributed by atoms with van der Waals surface area (Å²) in [6, 6.07) is 8.25. The molecular formula is C13H15N3O. The lowest BCUT2D eigenvalue weighted by molar-refractivity contribution is 0.659.